The van der Waals surface area contributed by atoms with Gasteiger partial charge in [0.05, 0.1) is 17.0 Å². The summed E-state index contributed by atoms with van der Waals surface area (Å²) in [6, 6.07) is 5.42. The predicted octanol–water partition coefficient (Wildman–Crippen LogP) is 4.45. The number of carbonyl (C=O) groups excluding carboxylic acids is 2. The zero-order chi connectivity index (χ0) is 28.1. The van der Waals surface area contributed by atoms with E-state index in [9.17, 15) is 45.8 Å². The summed E-state index contributed by atoms with van der Waals surface area (Å²) in [6.07, 6.45) is -10.3. The van der Waals surface area contributed by atoms with E-state index in [1.807, 2.05) is 0 Å². The number of rotatable bonds is 9. The number of hydrogen-bond acceptors (Lipinski definition) is 4. The Kier molecular flexibility index (Phi) is 9.17. The van der Waals surface area contributed by atoms with Crippen molar-refractivity contribution in [1.82, 2.24) is 10.2 Å². The van der Waals surface area contributed by atoms with Gasteiger partial charge >= 0.3 is 18.3 Å². The number of aliphatic carboxylic acids is 1. The molecular formula is C24H24F6N2O5. The first-order valence-electron chi connectivity index (χ1n) is 10.8. The Morgan fingerprint density at radius 1 is 0.973 bits per heavy atom. The maximum atomic E-state index is 13.1. The minimum absolute atomic E-state index is 0.0180. The number of carbonyl (C=O) groups is 3. The van der Waals surface area contributed by atoms with Gasteiger partial charge in [-0.25, -0.2) is 4.79 Å². The summed E-state index contributed by atoms with van der Waals surface area (Å²) in [4.78, 5) is 37.1. The van der Waals surface area contributed by atoms with Gasteiger partial charge in [0.2, 0.25) is 11.8 Å². The van der Waals surface area contributed by atoms with Crippen LogP contribution < -0.4 is 10.1 Å². The van der Waals surface area contributed by atoms with Crippen molar-refractivity contribution in [2.24, 2.45) is 0 Å². The number of ether oxygens (including phenoxy) is 1. The average molecular weight is 534 g/mol. The first-order chi connectivity index (χ1) is 17.0. The molecule has 0 spiro atoms. The van der Waals surface area contributed by atoms with Crippen LogP contribution in [0.4, 0.5) is 26.3 Å². The van der Waals surface area contributed by atoms with Crippen LogP contribution >= 0.6 is 0 Å². The minimum Gasteiger partial charge on any atom is -0.489 e. The van der Waals surface area contributed by atoms with Crippen molar-refractivity contribution in [3.63, 3.8) is 0 Å². The first-order valence-corrected chi connectivity index (χ1v) is 10.8. The van der Waals surface area contributed by atoms with E-state index in [0.29, 0.717) is 17.7 Å². The molecule has 0 heterocycles. The second kappa shape index (κ2) is 11.5. The van der Waals surface area contributed by atoms with Crippen LogP contribution in [0.3, 0.4) is 0 Å². The van der Waals surface area contributed by atoms with Gasteiger partial charge in [0, 0.05) is 20.5 Å². The molecular weight excluding hydrogens is 510 g/mol. The third-order valence-electron chi connectivity index (χ3n) is 5.59. The van der Waals surface area contributed by atoms with Crippen LogP contribution in [-0.4, -0.2) is 47.9 Å². The van der Waals surface area contributed by atoms with Crippen LogP contribution in [0.2, 0.25) is 0 Å². The highest BCUT2D eigenvalue weighted by molar-refractivity contribution is 5.91. The van der Waals surface area contributed by atoms with E-state index in [4.69, 9.17) is 4.74 Å². The molecule has 2 aromatic carbocycles. The highest BCUT2D eigenvalue weighted by atomic mass is 19.4. The van der Waals surface area contributed by atoms with Gasteiger partial charge in [-0.1, -0.05) is 12.1 Å². The first kappa shape index (κ1) is 29.5. The molecule has 7 nitrogen and oxygen atoms in total. The summed E-state index contributed by atoms with van der Waals surface area (Å²) in [7, 11) is 2.64. The molecule has 0 radical (unpaired) electrons. The van der Waals surface area contributed by atoms with Gasteiger partial charge < -0.3 is 20.1 Å². The molecule has 2 N–H and O–H groups in total. The number of carboxylic acid groups (broad SMARTS) is 1. The molecule has 0 fully saturated rings. The van der Waals surface area contributed by atoms with E-state index >= 15 is 0 Å². The van der Waals surface area contributed by atoms with Crippen LogP contribution in [-0.2, 0) is 33.3 Å². The molecule has 202 valence electrons. The molecule has 0 saturated carbocycles. The Morgan fingerprint density at radius 2 is 1.49 bits per heavy atom. The molecule has 13 heteroatoms. The van der Waals surface area contributed by atoms with Crippen molar-refractivity contribution in [2.45, 2.75) is 44.3 Å². The monoisotopic (exact) mass is 534 g/mol. The second-order valence-corrected chi connectivity index (χ2v) is 8.17. The van der Waals surface area contributed by atoms with E-state index in [2.05, 4.69) is 5.32 Å². The topological polar surface area (TPSA) is 95.9 Å². The largest absolute Gasteiger partial charge is 0.489 e. The predicted molar refractivity (Wildman–Crippen MR) is 119 cm³/mol. The summed E-state index contributed by atoms with van der Waals surface area (Å²) in [5.41, 5.74) is -2.97. The zero-order valence-electron chi connectivity index (χ0n) is 19.9. The molecule has 0 aliphatic heterocycles. The van der Waals surface area contributed by atoms with Gasteiger partial charge in [-0.15, -0.1) is 0 Å². The van der Waals surface area contributed by atoms with Gasteiger partial charge in [-0.3, -0.25) is 9.59 Å². The Balaban J connectivity index is 2.27. The second-order valence-electron chi connectivity index (χ2n) is 8.17. The molecule has 0 bridgehead atoms. The SMILES string of the molecule is CNC(=O)C[C@@H](C(=O)N(C)[C@@H](C)C(=O)O)c1ccc(OCc2cc(C(F)(F)F)cc(C(F)(F)F)c2)cc1. The third kappa shape index (κ3) is 7.86. The quantitative estimate of drug-likeness (QED) is 0.464. The highest BCUT2D eigenvalue weighted by Gasteiger charge is 2.37. The van der Waals surface area contributed by atoms with Crippen molar-refractivity contribution in [3.8, 4) is 5.75 Å². The fourth-order valence-electron chi connectivity index (χ4n) is 3.30. The third-order valence-corrected chi connectivity index (χ3v) is 5.59. The number of nitrogens with zero attached hydrogens (tertiary/aromatic N) is 1. The Labute approximate surface area is 208 Å². The van der Waals surface area contributed by atoms with Crippen LogP contribution in [0, 0.1) is 0 Å². The van der Waals surface area contributed by atoms with Gasteiger partial charge in [0.1, 0.15) is 18.4 Å². The van der Waals surface area contributed by atoms with Gasteiger partial charge in [0.25, 0.3) is 0 Å². The summed E-state index contributed by atoms with van der Waals surface area (Å²) >= 11 is 0. The molecule has 0 saturated heterocycles. The maximum Gasteiger partial charge on any atom is 0.416 e. The number of alkyl halides is 6. The van der Waals surface area contributed by atoms with Crippen LogP contribution in [0.25, 0.3) is 0 Å². The lowest BCUT2D eigenvalue weighted by Crippen LogP contribution is -2.43. The van der Waals surface area contributed by atoms with E-state index in [1.54, 1.807) is 0 Å². The Bertz CT molecular complexity index is 1100. The number of hydrogen-bond donors (Lipinski definition) is 2. The molecule has 37 heavy (non-hydrogen) atoms. The number of carboxylic acids is 1. The van der Waals surface area contributed by atoms with Crippen LogP contribution in [0.15, 0.2) is 42.5 Å². The number of nitrogens with one attached hydrogen (secondary N) is 1. The van der Waals surface area contributed by atoms with Crippen LogP contribution in [0.5, 0.6) is 5.75 Å². The number of amides is 2. The van der Waals surface area contributed by atoms with E-state index in [0.717, 1.165) is 4.90 Å². The highest BCUT2D eigenvalue weighted by Crippen LogP contribution is 2.36. The molecule has 2 atom stereocenters. The lowest BCUT2D eigenvalue weighted by Gasteiger charge is -2.26. The van der Waals surface area contributed by atoms with E-state index < -0.39 is 59.8 Å². The summed E-state index contributed by atoms with van der Waals surface area (Å²) in [5.74, 6) is -3.36. The lowest BCUT2D eigenvalue weighted by molar-refractivity contribution is -0.149. The summed E-state index contributed by atoms with van der Waals surface area (Å²) in [6.45, 7) is 0.692. The summed E-state index contributed by atoms with van der Waals surface area (Å²) < 4.78 is 83.7. The standard InChI is InChI=1S/C24H24F6N2O5/c1-13(22(35)36)32(3)21(34)19(11-20(33)31-2)15-4-6-18(7-5-15)37-12-14-8-16(23(25,26)27)10-17(9-14)24(28,29)30/h4-10,13,19H,11-12H2,1-3H3,(H,31,33)(H,35,36)/t13-,19+/m0/s1. The fraction of sp³-hybridized carbons (Fsp3) is 0.375. The maximum absolute atomic E-state index is 13.1. The number of halogens is 6. The summed E-state index contributed by atoms with van der Waals surface area (Å²) in [5, 5.41) is 11.6. The Morgan fingerprint density at radius 3 is 1.92 bits per heavy atom. The van der Waals surface area contributed by atoms with E-state index in [-0.39, 0.29) is 23.8 Å². The lowest BCUT2D eigenvalue weighted by atomic mass is 9.93. The smallest absolute Gasteiger partial charge is 0.416 e. The molecule has 0 aliphatic carbocycles. The van der Waals surface area contributed by atoms with Crippen molar-refractivity contribution >= 4 is 17.8 Å². The molecule has 2 amide bonds. The average Bonchev–Trinajstić information content (AvgIpc) is 2.83. The fourth-order valence-corrected chi connectivity index (χ4v) is 3.30. The zero-order valence-corrected chi connectivity index (χ0v) is 19.9. The molecule has 2 aromatic rings. The van der Waals surface area contributed by atoms with Gasteiger partial charge in [-0.05, 0) is 48.4 Å². The number of likely N-dealkylation sites (N-methyl/N-ethyl adjacent to an activating group) is 1. The molecule has 2 rings (SSSR count). The normalized spacial score (nSPS) is 13.4. The van der Waals surface area contributed by atoms with Crippen molar-refractivity contribution < 1.29 is 50.6 Å². The van der Waals surface area contributed by atoms with Gasteiger partial charge in [0.15, 0.2) is 0 Å². The Hall–Kier alpha value is -3.77. The van der Waals surface area contributed by atoms with Gasteiger partial charge in [-0.2, -0.15) is 26.3 Å². The minimum atomic E-state index is -4.99. The van der Waals surface area contributed by atoms with E-state index in [1.165, 1.54) is 45.3 Å². The van der Waals surface area contributed by atoms with Crippen molar-refractivity contribution in [3.05, 3.63) is 64.7 Å². The van der Waals surface area contributed by atoms with Crippen molar-refractivity contribution in [1.29, 1.82) is 0 Å². The molecule has 0 unspecified atom stereocenters. The van der Waals surface area contributed by atoms with Crippen molar-refractivity contribution in [2.75, 3.05) is 14.1 Å². The van der Waals surface area contributed by atoms with Crippen LogP contribution in [0.1, 0.15) is 41.5 Å². The molecule has 0 aromatic heterocycles. The molecule has 0 aliphatic rings. The number of benzene rings is 2.